The topological polar surface area (TPSA) is 38.1 Å². The number of hydrogen-bond donors (Lipinski definition) is 0. The molecule has 0 saturated heterocycles. The first kappa shape index (κ1) is 21.0. The Morgan fingerprint density at radius 2 is 1.90 bits per heavy atom. The molecule has 0 bridgehead atoms. The zero-order valence-corrected chi connectivity index (χ0v) is 19.0. The van der Waals surface area contributed by atoms with Gasteiger partial charge in [0.15, 0.2) is 0 Å². The molecular weight excluding hydrogens is 445 g/mol. The third-order valence-corrected chi connectivity index (χ3v) is 6.24. The summed E-state index contributed by atoms with van der Waals surface area (Å²) in [5, 5.41) is 0. The Labute approximate surface area is 185 Å². The lowest BCUT2D eigenvalue weighted by atomic mass is 10.1. The quantitative estimate of drug-likeness (QED) is 0.419. The van der Waals surface area contributed by atoms with E-state index in [1.807, 2.05) is 35.2 Å². The van der Waals surface area contributed by atoms with E-state index in [-0.39, 0.29) is 11.7 Å². The molecule has 0 radical (unpaired) electrons. The molecule has 0 atom stereocenters. The average Bonchev–Trinajstić information content (AvgIpc) is 3.34. The normalized spacial score (nSPS) is 14.7. The number of benzene rings is 2. The van der Waals surface area contributed by atoms with Crippen molar-refractivity contribution < 1.29 is 9.18 Å². The van der Waals surface area contributed by atoms with E-state index in [1.165, 1.54) is 25.0 Å². The lowest BCUT2D eigenvalue weighted by Gasteiger charge is -2.26. The van der Waals surface area contributed by atoms with Gasteiger partial charge in [-0.05, 0) is 55.2 Å². The fourth-order valence-corrected chi connectivity index (χ4v) is 4.67. The van der Waals surface area contributed by atoms with Gasteiger partial charge in [-0.15, -0.1) is 0 Å². The molecule has 1 heterocycles. The summed E-state index contributed by atoms with van der Waals surface area (Å²) in [6, 6.07) is 12.6. The van der Waals surface area contributed by atoms with Crippen LogP contribution >= 0.6 is 15.9 Å². The molecule has 158 valence electrons. The van der Waals surface area contributed by atoms with Gasteiger partial charge in [-0.25, -0.2) is 9.37 Å². The summed E-state index contributed by atoms with van der Waals surface area (Å²) < 4.78 is 17.1. The van der Waals surface area contributed by atoms with E-state index < -0.39 is 0 Å². The maximum absolute atomic E-state index is 13.9. The van der Waals surface area contributed by atoms with Gasteiger partial charge in [0, 0.05) is 28.7 Å². The van der Waals surface area contributed by atoms with Crippen molar-refractivity contribution in [3.63, 3.8) is 0 Å². The largest absolute Gasteiger partial charge is 0.331 e. The highest BCUT2D eigenvalue weighted by atomic mass is 79.9. The molecule has 6 heteroatoms. The minimum atomic E-state index is -0.282. The van der Waals surface area contributed by atoms with E-state index in [0.29, 0.717) is 36.1 Å². The highest BCUT2D eigenvalue weighted by Crippen LogP contribution is 2.34. The Morgan fingerprint density at radius 1 is 1.20 bits per heavy atom. The molecule has 4 rings (SSSR count). The number of amides is 1. The van der Waals surface area contributed by atoms with Crippen LogP contribution < -0.4 is 0 Å². The molecule has 0 unspecified atom stereocenters. The second kappa shape index (κ2) is 8.88. The maximum Gasteiger partial charge on any atom is 0.254 e. The Bertz CT molecular complexity index is 1040. The molecule has 0 N–H and O–H groups in total. The second-order valence-electron chi connectivity index (χ2n) is 8.56. The Hall–Kier alpha value is -2.21. The molecule has 3 aromatic rings. The second-order valence-corrected chi connectivity index (χ2v) is 9.47. The van der Waals surface area contributed by atoms with Crippen molar-refractivity contribution in [2.24, 2.45) is 5.92 Å². The van der Waals surface area contributed by atoms with Crippen LogP contribution in [0.2, 0.25) is 0 Å². The van der Waals surface area contributed by atoms with Crippen LogP contribution in [0.5, 0.6) is 0 Å². The van der Waals surface area contributed by atoms with E-state index in [0.717, 1.165) is 28.7 Å². The van der Waals surface area contributed by atoms with Crippen molar-refractivity contribution in [2.75, 3.05) is 6.54 Å². The van der Waals surface area contributed by atoms with Crippen molar-refractivity contribution >= 4 is 32.9 Å². The highest BCUT2D eigenvalue weighted by molar-refractivity contribution is 9.10. The van der Waals surface area contributed by atoms with E-state index in [9.17, 15) is 9.18 Å². The first-order chi connectivity index (χ1) is 14.4. The molecule has 30 heavy (non-hydrogen) atoms. The molecule has 1 saturated carbocycles. The van der Waals surface area contributed by atoms with Crippen LogP contribution in [0.25, 0.3) is 11.0 Å². The Morgan fingerprint density at radius 3 is 2.57 bits per heavy atom. The zero-order chi connectivity index (χ0) is 21.3. The van der Waals surface area contributed by atoms with Crippen molar-refractivity contribution in [3.8, 4) is 0 Å². The van der Waals surface area contributed by atoms with Crippen LogP contribution in [0.15, 0.2) is 46.9 Å². The molecule has 1 aliphatic rings. The number of rotatable bonds is 6. The monoisotopic (exact) mass is 471 g/mol. The molecule has 1 aromatic heterocycles. The third-order valence-electron chi connectivity index (χ3n) is 5.71. The number of aromatic nitrogens is 2. The summed E-state index contributed by atoms with van der Waals surface area (Å²) in [4.78, 5) is 20.0. The molecule has 1 fully saturated rings. The fraction of sp³-hybridized carbons (Fsp3) is 0.417. The fourth-order valence-electron chi connectivity index (χ4n) is 4.41. The van der Waals surface area contributed by atoms with E-state index in [4.69, 9.17) is 4.98 Å². The third kappa shape index (κ3) is 4.43. The number of carbonyl (C=O) groups excluding carboxylic acids is 1. The summed E-state index contributed by atoms with van der Waals surface area (Å²) in [7, 11) is 0. The molecular formula is C24H27BrFN3O. The number of imidazole rings is 1. The summed E-state index contributed by atoms with van der Waals surface area (Å²) in [6.07, 6.45) is 4.58. The lowest BCUT2D eigenvalue weighted by Crippen LogP contribution is -2.35. The van der Waals surface area contributed by atoms with E-state index in [2.05, 4.69) is 34.3 Å². The predicted octanol–water partition coefficient (Wildman–Crippen LogP) is 6.35. The first-order valence-corrected chi connectivity index (χ1v) is 11.4. The smallest absolute Gasteiger partial charge is 0.254 e. The number of halogens is 2. The van der Waals surface area contributed by atoms with Crippen molar-refractivity contribution in [1.82, 2.24) is 14.5 Å². The van der Waals surface area contributed by atoms with Gasteiger partial charge in [0.2, 0.25) is 0 Å². The van der Waals surface area contributed by atoms with Gasteiger partial charge in [0.05, 0.1) is 17.6 Å². The van der Waals surface area contributed by atoms with E-state index in [1.54, 1.807) is 0 Å². The minimum absolute atomic E-state index is 0.00703. The predicted molar refractivity (Wildman–Crippen MR) is 121 cm³/mol. The van der Waals surface area contributed by atoms with Gasteiger partial charge in [-0.1, -0.05) is 42.6 Å². The summed E-state index contributed by atoms with van der Waals surface area (Å²) in [5.74, 6) is 0.877. The lowest BCUT2D eigenvalue weighted by molar-refractivity contribution is 0.0715. The zero-order valence-electron chi connectivity index (χ0n) is 17.4. The van der Waals surface area contributed by atoms with Gasteiger partial charge in [0.25, 0.3) is 5.91 Å². The molecule has 0 aliphatic heterocycles. The van der Waals surface area contributed by atoms with Crippen molar-refractivity contribution in [2.45, 2.75) is 52.1 Å². The van der Waals surface area contributed by atoms with Crippen molar-refractivity contribution in [1.29, 1.82) is 0 Å². The van der Waals surface area contributed by atoms with Crippen LogP contribution in [0.3, 0.4) is 0 Å². The number of hydrogen-bond acceptors (Lipinski definition) is 2. The van der Waals surface area contributed by atoms with Gasteiger partial charge in [-0.2, -0.15) is 0 Å². The Kier molecular flexibility index (Phi) is 6.23. The number of carbonyl (C=O) groups is 1. The number of nitrogens with zero attached hydrogens (tertiary/aromatic N) is 3. The summed E-state index contributed by atoms with van der Waals surface area (Å²) in [5.41, 5.74) is 2.28. The molecule has 1 amide bonds. The SMILES string of the molecule is CC(C)CN(Cc1nc2cc(F)ccc2n1C1CCCC1)C(=O)c1ccc(Br)cc1. The first-order valence-electron chi connectivity index (χ1n) is 10.6. The molecule has 4 nitrogen and oxygen atoms in total. The molecule has 1 aliphatic carbocycles. The van der Waals surface area contributed by atoms with Gasteiger partial charge in [-0.3, -0.25) is 4.79 Å². The number of fused-ring (bicyclic) bond motifs is 1. The highest BCUT2D eigenvalue weighted by Gasteiger charge is 2.26. The molecule has 0 spiro atoms. The van der Waals surface area contributed by atoms with Crippen LogP contribution in [-0.2, 0) is 6.54 Å². The standard InChI is InChI=1S/C24H27BrFN3O/c1-16(2)14-28(24(30)17-7-9-18(25)10-8-17)15-23-27-21-13-19(26)11-12-22(21)29(23)20-5-3-4-6-20/h7-13,16,20H,3-6,14-15H2,1-2H3. The van der Waals surface area contributed by atoms with E-state index >= 15 is 0 Å². The van der Waals surface area contributed by atoms with Crippen molar-refractivity contribution in [3.05, 3.63) is 64.1 Å². The summed E-state index contributed by atoms with van der Waals surface area (Å²) in [6.45, 7) is 5.27. The van der Waals surface area contributed by atoms with Gasteiger partial charge in [0.1, 0.15) is 11.6 Å². The summed E-state index contributed by atoms with van der Waals surface area (Å²) >= 11 is 3.43. The average molecular weight is 472 g/mol. The van der Waals surface area contributed by atoms with Crippen LogP contribution in [0, 0.1) is 11.7 Å². The van der Waals surface area contributed by atoms with Crippen LogP contribution in [0.1, 0.15) is 61.8 Å². The van der Waals surface area contributed by atoms with Gasteiger partial charge < -0.3 is 9.47 Å². The maximum atomic E-state index is 13.9. The van der Waals surface area contributed by atoms with Crippen LogP contribution in [-0.4, -0.2) is 26.9 Å². The Balaban J connectivity index is 1.72. The van der Waals surface area contributed by atoms with Gasteiger partial charge >= 0.3 is 0 Å². The minimum Gasteiger partial charge on any atom is -0.331 e. The van der Waals surface area contributed by atoms with Crippen LogP contribution in [0.4, 0.5) is 4.39 Å². The molecule has 2 aromatic carbocycles.